The number of rotatable bonds is 3. The third kappa shape index (κ3) is 3.50. The fourth-order valence-electron chi connectivity index (χ4n) is 2.28. The Hall–Kier alpha value is -1.61. The van der Waals surface area contributed by atoms with Crippen LogP contribution in [0.25, 0.3) is 0 Å². The molecule has 0 bridgehead atoms. The quantitative estimate of drug-likeness (QED) is 0.417. The molecule has 0 spiro atoms. The molecule has 2 rings (SSSR count). The molecule has 7 nitrogen and oxygen atoms in total. The maximum atomic E-state index is 13.7. The average molecular weight is 347 g/mol. The van der Waals surface area contributed by atoms with E-state index < -0.39 is 46.2 Å². The van der Waals surface area contributed by atoms with E-state index in [1.807, 2.05) is 0 Å². The summed E-state index contributed by atoms with van der Waals surface area (Å²) in [4.78, 5) is 36.0. The van der Waals surface area contributed by atoms with Gasteiger partial charge in [-0.25, -0.2) is 9.18 Å². The van der Waals surface area contributed by atoms with Crippen LogP contribution in [-0.2, 0) is 35.0 Å². The monoisotopic (exact) mass is 347 g/mol. The second-order valence-corrected chi connectivity index (χ2v) is 7.79. The molecule has 1 amide bonds. The summed E-state index contributed by atoms with van der Waals surface area (Å²) < 4.78 is 35.8. The molecule has 0 saturated carbocycles. The summed E-state index contributed by atoms with van der Waals surface area (Å²) in [5.41, 5.74) is -0.819. The lowest BCUT2D eigenvalue weighted by Crippen LogP contribution is -2.68. The van der Waals surface area contributed by atoms with Gasteiger partial charge in [0.15, 0.2) is 0 Å². The molecule has 128 valence electrons. The molecule has 3 atom stereocenters. The first-order valence-electron chi connectivity index (χ1n) is 6.96. The Bertz CT molecular complexity index is 584. The third-order valence-electron chi connectivity index (χ3n) is 3.18. The highest BCUT2D eigenvalue weighted by molar-refractivity contribution is 7.92. The van der Waals surface area contributed by atoms with Gasteiger partial charge >= 0.3 is 11.9 Å². The number of alkyl halides is 1. The molecule has 9 heteroatoms. The van der Waals surface area contributed by atoms with Crippen molar-refractivity contribution in [2.24, 2.45) is 0 Å². The predicted octanol–water partition coefficient (Wildman–Crippen LogP) is 0.414. The number of hydrogen-bond acceptors (Lipinski definition) is 6. The van der Waals surface area contributed by atoms with Crippen LogP contribution < -0.4 is 0 Å². The van der Waals surface area contributed by atoms with E-state index in [0.717, 1.165) is 4.90 Å². The minimum Gasteiger partial charge on any atom is -0.614 e. The van der Waals surface area contributed by atoms with E-state index in [-0.39, 0.29) is 23.6 Å². The van der Waals surface area contributed by atoms with Crippen LogP contribution in [0.15, 0.2) is 11.3 Å². The zero-order valence-electron chi connectivity index (χ0n) is 13.3. The van der Waals surface area contributed by atoms with Crippen molar-refractivity contribution < 1.29 is 32.8 Å². The Morgan fingerprint density at radius 3 is 2.57 bits per heavy atom. The molecule has 0 aromatic rings. The molecule has 1 fully saturated rings. The van der Waals surface area contributed by atoms with Crippen LogP contribution in [0.1, 0.15) is 27.7 Å². The molecule has 0 aromatic heterocycles. The van der Waals surface area contributed by atoms with Crippen molar-refractivity contribution in [2.45, 2.75) is 44.8 Å². The smallest absolute Gasteiger partial charge is 0.355 e. The van der Waals surface area contributed by atoms with Crippen molar-refractivity contribution in [3.05, 3.63) is 11.3 Å². The zero-order valence-corrected chi connectivity index (χ0v) is 14.1. The van der Waals surface area contributed by atoms with E-state index in [2.05, 4.69) is 0 Å². The van der Waals surface area contributed by atoms with Gasteiger partial charge in [0, 0.05) is 12.5 Å². The maximum absolute atomic E-state index is 13.7. The van der Waals surface area contributed by atoms with Crippen molar-refractivity contribution in [1.29, 1.82) is 0 Å². The van der Waals surface area contributed by atoms with E-state index in [9.17, 15) is 23.3 Å². The van der Waals surface area contributed by atoms with E-state index in [1.54, 1.807) is 20.8 Å². The van der Waals surface area contributed by atoms with Gasteiger partial charge in [0.1, 0.15) is 23.7 Å². The zero-order chi connectivity index (χ0) is 17.5. The van der Waals surface area contributed by atoms with Crippen molar-refractivity contribution in [3.63, 3.8) is 0 Å². The maximum Gasteiger partial charge on any atom is 0.355 e. The normalized spacial score (nSPS) is 27.3. The van der Waals surface area contributed by atoms with Gasteiger partial charge in [0.2, 0.25) is 11.5 Å². The summed E-state index contributed by atoms with van der Waals surface area (Å²) in [6, 6.07) is 0. The molecule has 1 saturated heterocycles. The number of β-lactam (4-membered cyclic amide) rings is 1. The molecule has 0 N–H and O–H groups in total. The number of carbonyl (C=O) groups excluding carboxylic acids is 3. The van der Waals surface area contributed by atoms with Gasteiger partial charge < -0.3 is 14.0 Å². The van der Waals surface area contributed by atoms with Crippen molar-refractivity contribution in [2.75, 3.05) is 12.4 Å². The van der Waals surface area contributed by atoms with Crippen molar-refractivity contribution >= 4 is 29.0 Å². The first-order chi connectivity index (χ1) is 10.5. The number of esters is 2. The molecule has 2 heterocycles. The van der Waals surface area contributed by atoms with Crippen LogP contribution in [-0.4, -0.2) is 56.8 Å². The van der Waals surface area contributed by atoms with Crippen LogP contribution in [0.3, 0.4) is 0 Å². The first kappa shape index (κ1) is 17.7. The molecular weight excluding hydrogens is 329 g/mol. The topological polar surface area (TPSA) is 96.0 Å². The molecular formula is C14H18FNO6S. The SMILES string of the molecule is CC(=O)OCC1=C(C(=O)OC(C)(C)C)N2C(=O)[C@@H](F)C2[S+]([O-])C1. The van der Waals surface area contributed by atoms with Gasteiger partial charge in [-0.15, -0.1) is 0 Å². The Kier molecular flexibility index (Phi) is 4.72. The Morgan fingerprint density at radius 1 is 1.43 bits per heavy atom. The predicted molar refractivity (Wildman–Crippen MR) is 78.0 cm³/mol. The Morgan fingerprint density at radius 2 is 2.04 bits per heavy atom. The molecule has 0 aliphatic carbocycles. The minimum atomic E-state index is -1.90. The number of ether oxygens (including phenoxy) is 2. The number of carbonyl (C=O) groups is 3. The number of amides is 1. The van der Waals surface area contributed by atoms with Crippen molar-refractivity contribution in [1.82, 2.24) is 4.90 Å². The molecule has 2 unspecified atom stereocenters. The summed E-state index contributed by atoms with van der Waals surface area (Å²) in [6.07, 6.45) is -1.90. The van der Waals surface area contributed by atoms with E-state index >= 15 is 0 Å². The highest BCUT2D eigenvalue weighted by atomic mass is 32.2. The van der Waals surface area contributed by atoms with Crippen LogP contribution in [0.5, 0.6) is 0 Å². The third-order valence-corrected chi connectivity index (χ3v) is 4.80. The van der Waals surface area contributed by atoms with Gasteiger partial charge in [0.05, 0.1) is 0 Å². The van der Waals surface area contributed by atoms with E-state index in [4.69, 9.17) is 9.47 Å². The van der Waals surface area contributed by atoms with Gasteiger partial charge in [-0.3, -0.25) is 14.5 Å². The summed E-state index contributed by atoms with van der Waals surface area (Å²) >= 11 is -1.71. The largest absolute Gasteiger partial charge is 0.614 e. The van der Waals surface area contributed by atoms with Gasteiger partial charge in [-0.2, -0.15) is 0 Å². The van der Waals surface area contributed by atoms with Gasteiger partial charge in [-0.05, 0) is 31.9 Å². The van der Waals surface area contributed by atoms with Crippen LogP contribution >= 0.6 is 0 Å². The van der Waals surface area contributed by atoms with Gasteiger partial charge in [-0.1, -0.05) is 0 Å². The fraction of sp³-hybridized carbons (Fsp3) is 0.643. The van der Waals surface area contributed by atoms with Crippen molar-refractivity contribution in [3.8, 4) is 0 Å². The summed E-state index contributed by atoms with van der Waals surface area (Å²) in [7, 11) is 0. The standard InChI is InChI=1S/C14H18FNO6S/c1-7(17)21-5-8-6-23(20)12-9(15)11(18)16(12)10(8)13(19)22-14(2,3)4/h9,12H,5-6H2,1-4H3/t9-,12?,23?/m1/s1. The number of halogens is 1. The van der Waals surface area contributed by atoms with Crippen LogP contribution in [0.2, 0.25) is 0 Å². The lowest BCUT2D eigenvalue weighted by Gasteiger charge is -2.46. The van der Waals surface area contributed by atoms with Crippen LogP contribution in [0, 0.1) is 0 Å². The number of nitrogens with zero attached hydrogens (tertiary/aromatic N) is 1. The highest BCUT2D eigenvalue weighted by Crippen LogP contribution is 2.39. The van der Waals surface area contributed by atoms with Crippen LogP contribution in [0.4, 0.5) is 4.39 Å². The number of fused-ring (bicyclic) bond motifs is 1. The molecule has 2 aliphatic rings. The van der Waals surface area contributed by atoms with E-state index in [0.29, 0.717) is 0 Å². The average Bonchev–Trinajstić information content (AvgIpc) is 2.41. The molecule has 0 aromatic carbocycles. The summed E-state index contributed by atoms with van der Waals surface area (Å²) in [5.74, 6) is -2.52. The lowest BCUT2D eigenvalue weighted by atomic mass is 10.1. The Labute approximate surface area is 136 Å². The van der Waals surface area contributed by atoms with E-state index in [1.165, 1.54) is 6.92 Å². The summed E-state index contributed by atoms with van der Waals surface area (Å²) in [6.45, 7) is 5.81. The molecule has 0 radical (unpaired) electrons. The highest BCUT2D eigenvalue weighted by Gasteiger charge is 2.61. The second-order valence-electron chi connectivity index (χ2n) is 6.26. The Balaban J connectivity index is 2.37. The van der Waals surface area contributed by atoms with Gasteiger partial charge in [0.25, 0.3) is 5.91 Å². The molecule has 2 aliphatic heterocycles. The first-order valence-corrected chi connectivity index (χ1v) is 8.34. The fourth-order valence-corrected chi connectivity index (χ4v) is 3.84. The lowest BCUT2D eigenvalue weighted by molar-refractivity contribution is -0.161. The number of hydrogen-bond donors (Lipinski definition) is 0. The second kappa shape index (κ2) is 6.12. The molecule has 23 heavy (non-hydrogen) atoms. The summed E-state index contributed by atoms with van der Waals surface area (Å²) in [5, 5.41) is -1.19. The minimum absolute atomic E-state index is 0.156.